The summed E-state index contributed by atoms with van der Waals surface area (Å²) in [6, 6.07) is 7.67. The number of benzene rings is 1. The second-order valence-electron chi connectivity index (χ2n) is 5.84. The summed E-state index contributed by atoms with van der Waals surface area (Å²) in [4.78, 5) is 29.4. The van der Waals surface area contributed by atoms with Crippen LogP contribution in [-0.2, 0) is 6.54 Å². The van der Waals surface area contributed by atoms with E-state index in [1.807, 2.05) is 5.43 Å². The maximum atomic E-state index is 13.1. The predicted molar refractivity (Wildman–Crippen MR) is 113 cm³/mol. The van der Waals surface area contributed by atoms with Gasteiger partial charge in [0, 0.05) is 24.0 Å². The monoisotopic (exact) mass is 452 g/mol. The Hall–Kier alpha value is -2.62. The number of rotatable bonds is 5. The summed E-state index contributed by atoms with van der Waals surface area (Å²) in [6.45, 7) is 0.0227. The van der Waals surface area contributed by atoms with Crippen molar-refractivity contribution in [1.29, 1.82) is 0 Å². The van der Waals surface area contributed by atoms with Gasteiger partial charge >= 0.3 is 0 Å². The molecule has 0 saturated heterocycles. The van der Waals surface area contributed by atoms with Gasteiger partial charge in [0.1, 0.15) is 5.69 Å². The molecule has 0 unspecified atom stereocenters. The van der Waals surface area contributed by atoms with E-state index < -0.39 is 11.8 Å². The number of pyridine rings is 1. The zero-order chi connectivity index (χ0) is 21.1. The maximum Gasteiger partial charge on any atom is 0.272 e. The second-order valence-corrected chi connectivity index (χ2v) is 7.12. The average molecular weight is 454 g/mol. The molecule has 0 aliphatic carbocycles. The maximum absolute atomic E-state index is 13.1. The molecule has 2 amide bonds. The zero-order valence-electron chi connectivity index (χ0n) is 14.7. The first kappa shape index (κ1) is 21.1. The Morgan fingerprint density at radius 1 is 1.10 bits per heavy atom. The number of nitrogens with two attached hydrogens (primary N) is 2. The molecule has 0 aliphatic heterocycles. The fourth-order valence-electron chi connectivity index (χ4n) is 2.74. The Labute approximate surface area is 180 Å². The van der Waals surface area contributed by atoms with Gasteiger partial charge in [-0.3, -0.25) is 19.6 Å². The number of halogens is 3. The average Bonchev–Trinajstić information content (AvgIpc) is 3.10. The number of amides is 2. The molecule has 3 rings (SSSR count). The van der Waals surface area contributed by atoms with Gasteiger partial charge in [0.25, 0.3) is 11.8 Å². The van der Waals surface area contributed by atoms with Crippen molar-refractivity contribution in [3.05, 3.63) is 74.6 Å². The van der Waals surface area contributed by atoms with Gasteiger partial charge in [-0.25, -0.2) is 10.8 Å². The molecule has 0 spiro atoms. The van der Waals surface area contributed by atoms with Gasteiger partial charge in [0.05, 0.1) is 21.3 Å². The number of aromatic nitrogens is 2. The summed E-state index contributed by atoms with van der Waals surface area (Å²) >= 11 is 18.4. The Bertz CT molecular complexity index is 1100. The van der Waals surface area contributed by atoms with E-state index in [0.717, 1.165) is 0 Å². The zero-order valence-corrected chi connectivity index (χ0v) is 17.0. The molecule has 3 aromatic rings. The van der Waals surface area contributed by atoms with Crippen LogP contribution in [0.1, 0.15) is 26.4 Å². The molecule has 0 bridgehead atoms. The van der Waals surface area contributed by atoms with Gasteiger partial charge < -0.3 is 11.1 Å². The first-order chi connectivity index (χ1) is 13.8. The van der Waals surface area contributed by atoms with E-state index in [-0.39, 0.29) is 28.5 Å². The molecule has 11 heteroatoms. The van der Waals surface area contributed by atoms with E-state index in [1.54, 1.807) is 18.2 Å². The summed E-state index contributed by atoms with van der Waals surface area (Å²) in [5.41, 5.74) is 8.62. The molecule has 8 nitrogen and oxygen atoms in total. The van der Waals surface area contributed by atoms with E-state index in [0.29, 0.717) is 21.4 Å². The van der Waals surface area contributed by atoms with E-state index >= 15 is 0 Å². The standard InChI is InChI=1S/C18H15Cl3N6O2/c19-10-4-9(7-22)15(12(5-10)17(28)26-23)25-18(29)14-6-11(20)8-27(14)16-13(21)2-1-3-24-16/h1-6,8H,7,22-23H2,(H,25,29)(H,26,28). The molecule has 6 N–H and O–H groups in total. The van der Waals surface area contributed by atoms with Crippen molar-refractivity contribution in [3.8, 4) is 5.82 Å². The van der Waals surface area contributed by atoms with Gasteiger partial charge in [0.2, 0.25) is 0 Å². The molecule has 0 atom stereocenters. The lowest BCUT2D eigenvalue weighted by atomic mass is 10.1. The number of nitrogens with zero attached hydrogens (tertiary/aromatic N) is 2. The van der Waals surface area contributed by atoms with Crippen LogP contribution in [0.15, 0.2) is 42.7 Å². The number of hydrogen-bond acceptors (Lipinski definition) is 5. The number of hydrogen-bond donors (Lipinski definition) is 4. The third-order valence-electron chi connectivity index (χ3n) is 4.01. The highest BCUT2D eigenvalue weighted by Gasteiger charge is 2.22. The highest BCUT2D eigenvalue weighted by atomic mass is 35.5. The number of carbonyl (C=O) groups excluding carboxylic acids is 2. The minimum absolute atomic E-state index is 0.0227. The molecule has 0 aliphatic rings. The summed E-state index contributed by atoms with van der Waals surface area (Å²) in [5.74, 6) is 4.36. The van der Waals surface area contributed by atoms with Crippen molar-refractivity contribution in [2.45, 2.75) is 6.54 Å². The molecule has 0 radical (unpaired) electrons. The SMILES string of the molecule is NCc1cc(Cl)cc(C(=O)NN)c1NC(=O)c1cc(Cl)cn1-c1ncccc1Cl. The van der Waals surface area contributed by atoms with E-state index in [2.05, 4.69) is 10.3 Å². The lowest BCUT2D eigenvalue weighted by Crippen LogP contribution is -2.31. The molecule has 29 heavy (non-hydrogen) atoms. The Balaban J connectivity index is 2.07. The van der Waals surface area contributed by atoms with Crippen molar-refractivity contribution >= 4 is 52.3 Å². The first-order valence-electron chi connectivity index (χ1n) is 8.19. The third kappa shape index (κ3) is 4.36. The summed E-state index contributed by atoms with van der Waals surface area (Å²) < 4.78 is 1.45. The van der Waals surface area contributed by atoms with Gasteiger partial charge in [-0.2, -0.15) is 0 Å². The van der Waals surface area contributed by atoms with Gasteiger partial charge in [-0.15, -0.1) is 0 Å². The lowest BCUT2D eigenvalue weighted by molar-refractivity contribution is 0.0954. The van der Waals surface area contributed by atoms with Crippen LogP contribution in [0.2, 0.25) is 15.1 Å². The fraction of sp³-hybridized carbons (Fsp3) is 0.0556. The van der Waals surface area contributed by atoms with E-state index in [4.69, 9.17) is 46.4 Å². The number of anilines is 1. The second kappa shape index (κ2) is 8.81. The quantitative estimate of drug-likeness (QED) is 0.268. The van der Waals surface area contributed by atoms with Crippen molar-refractivity contribution in [3.63, 3.8) is 0 Å². The minimum Gasteiger partial charge on any atom is -0.326 e. The molecular weight excluding hydrogens is 439 g/mol. The normalized spacial score (nSPS) is 10.7. The Morgan fingerprint density at radius 2 is 1.86 bits per heavy atom. The summed E-state index contributed by atoms with van der Waals surface area (Å²) in [7, 11) is 0. The van der Waals surface area contributed by atoms with Crippen LogP contribution in [0.3, 0.4) is 0 Å². The van der Waals surface area contributed by atoms with Crippen LogP contribution in [0.25, 0.3) is 5.82 Å². The largest absolute Gasteiger partial charge is 0.326 e. The highest BCUT2D eigenvalue weighted by molar-refractivity contribution is 6.33. The van der Waals surface area contributed by atoms with Crippen LogP contribution in [-0.4, -0.2) is 21.4 Å². The van der Waals surface area contributed by atoms with Gasteiger partial charge in [-0.05, 0) is 35.9 Å². The Morgan fingerprint density at radius 3 is 2.52 bits per heavy atom. The van der Waals surface area contributed by atoms with E-state index in [1.165, 1.54) is 29.1 Å². The minimum atomic E-state index is -0.640. The van der Waals surface area contributed by atoms with Crippen molar-refractivity contribution in [2.24, 2.45) is 11.6 Å². The van der Waals surface area contributed by atoms with Crippen LogP contribution in [0.4, 0.5) is 5.69 Å². The molecule has 0 saturated carbocycles. The van der Waals surface area contributed by atoms with Gasteiger partial charge in [0.15, 0.2) is 5.82 Å². The summed E-state index contributed by atoms with van der Waals surface area (Å²) in [6.07, 6.45) is 3.04. The molecule has 2 heterocycles. The molecule has 1 aromatic carbocycles. The predicted octanol–water partition coefficient (Wildman–Crippen LogP) is 3.15. The lowest BCUT2D eigenvalue weighted by Gasteiger charge is -2.16. The van der Waals surface area contributed by atoms with Crippen LogP contribution in [0, 0.1) is 0 Å². The molecule has 2 aromatic heterocycles. The number of nitrogen functional groups attached to an aromatic ring is 1. The summed E-state index contributed by atoms with van der Waals surface area (Å²) in [5, 5.41) is 3.58. The molecular formula is C18H15Cl3N6O2. The van der Waals surface area contributed by atoms with Crippen molar-refractivity contribution in [2.75, 3.05) is 5.32 Å². The fourth-order valence-corrected chi connectivity index (χ4v) is 3.40. The van der Waals surface area contributed by atoms with Crippen LogP contribution in [0.5, 0.6) is 0 Å². The van der Waals surface area contributed by atoms with Gasteiger partial charge in [-0.1, -0.05) is 34.8 Å². The number of nitrogens with one attached hydrogen (secondary N) is 2. The first-order valence-corrected chi connectivity index (χ1v) is 9.32. The van der Waals surface area contributed by atoms with Crippen LogP contribution < -0.4 is 22.3 Å². The highest BCUT2D eigenvalue weighted by Crippen LogP contribution is 2.28. The van der Waals surface area contributed by atoms with E-state index in [9.17, 15) is 9.59 Å². The Kier molecular flexibility index (Phi) is 6.41. The third-order valence-corrected chi connectivity index (χ3v) is 4.73. The molecule has 150 valence electrons. The molecule has 0 fully saturated rings. The number of hydrazine groups is 1. The topological polar surface area (TPSA) is 128 Å². The van der Waals surface area contributed by atoms with Crippen molar-refractivity contribution in [1.82, 2.24) is 15.0 Å². The smallest absolute Gasteiger partial charge is 0.272 e. The van der Waals surface area contributed by atoms with Crippen LogP contribution >= 0.6 is 34.8 Å². The van der Waals surface area contributed by atoms with Crippen molar-refractivity contribution < 1.29 is 9.59 Å². The number of carbonyl (C=O) groups is 2.